The first kappa shape index (κ1) is 22.7. The second-order valence-electron chi connectivity index (χ2n) is 7.80. The van der Waals surface area contributed by atoms with Gasteiger partial charge in [0.05, 0.1) is 32.5 Å². The topological polar surface area (TPSA) is 73.3 Å². The van der Waals surface area contributed by atoms with Crippen LogP contribution >= 0.6 is 0 Å². The number of nitrogens with one attached hydrogen (secondary N) is 2. The van der Waals surface area contributed by atoms with Crippen LogP contribution in [-0.2, 0) is 16.0 Å². The summed E-state index contributed by atoms with van der Waals surface area (Å²) in [6.07, 6.45) is 7.16. The van der Waals surface area contributed by atoms with Crippen molar-refractivity contribution in [2.75, 3.05) is 40.0 Å². The summed E-state index contributed by atoms with van der Waals surface area (Å²) >= 11 is 0. The zero-order valence-electron chi connectivity index (χ0n) is 18.5. The Morgan fingerprint density at radius 2 is 2.03 bits per heavy atom. The Balaban J connectivity index is 1.53. The van der Waals surface area contributed by atoms with Crippen LogP contribution in [0.1, 0.15) is 51.0 Å². The minimum absolute atomic E-state index is 0.262. The third-order valence-corrected chi connectivity index (χ3v) is 5.47. The predicted molar refractivity (Wildman–Crippen MR) is 118 cm³/mol. The standard InChI is InChI=1S/C23H37N3O4/c1-3-24-23(25-13-7-14-29-20-12-15-28-17-20)26-16-18-8-6-11-21(27-2)22(18)30-19-9-4-5-10-19/h6,8,11,19-20H,3-5,7,9-10,12-17H2,1-2H3,(H2,24,25,26). The highest BCUT2D eigenvalue weighted by molar-refractivity contribution is 5.79. The van der Waals surface area contributed by atoms with Gasteiger partial charge in [0.2, 0.25) is 0 Å². The van der Waals surface area contributed by atoms with Crippen molar-refractivity contribution in [1.29, 1.82) is 0 Å². The van der Waals surface area contributed by atoms with Gasteiger partial charge in [-0.25, -0.2) is 4.99 Å². The molecule has 1 aromatic rings. The van der Waals surface area contributed by atoms with Crippen LogP contribution in [0.5, 0.6) is 11.5 Å². The maximum atomic E-state index is 6.32. The molecule has 0 radical (unpaired) electrons. The van der Waals surface area contributed by atoms with Gasteiger partial charge in [0.25, 0.3) is 0 Å². The van der Waals surface area contributed by atoms with Crippen molar-refractivity contribution in [2.45, 2.75) is 64.2 Å². The van der Waals surface area contributed by atoms with E-state index in [2.05, 4.69) is 23.6 Å². The number of guanidine groups is 1. The second kappa shape index (κ2) is 12.6. The Hall–Kier alpha value is -1.99. The zero-order chi connectivity index (χ0) is 21.0. The molecule has 1 aliphatic carbocycles. The van der Waals surface area contributed by atoms with E-state index < -0.39 is 0 Å². The molecule has 0 spiro atoms. The Bertz CT molecular complexity index is 656. The Morgan fingerprint density at radius 3 is 2.77 bits per heavy atom. The van der Waals surface area contributed by atoms with Crippen LogP contribution in [0, 0.1) is 0 Å². The number of rotatable bonds is 11. The SMILES string of the molecule is CCNC(=NCc1cccc(OC)c1OC1CCCC1)NCCCOC1CCOC1. The lowest BCUT2D eigenvalue weighted by molar-refractivity contribution is 0.0420. The molecule has 3 rings (SSSR count). The zero-order valence-corrected chi connectivity index (χ0v) is 18.5. The summed E-state index contributed by atoms with van der Waals surface area (Å²) in [5.41, 5.74) is 1.04. The van der Waals surface area contributed by atoms with E-state index in [-0.39, 0.29) is 12.2 Å². The van der Waals surface area contributed by atoms with E-state index in [0.717, 1.165) is 81.6 Å². The molecule has 1 aromatic carbocycles. The fraction of sp³-hybridized carbons (Fsp3) is 0.696. The lowest BCUT2D eigenvalue weighted by atomic mass is 10.1. The molecule has 1 saturated carbocycles. The van der Waals surface area contributed by atoms with Crippen LogP contribution in [0.15, 0.2) is 23.2 Å². The first-order valence-electron chi connectivity index (χ1n) is 11.3. The lowest BCUT2D eigenvalue weighted by Gasteiger charge is -2.19. The number of nitrogens with zero attached hydrogens (tertiary/aromatic N) is 1. The van der Waals surface area contributed by atoms with E-state index in [0.29, 0.717) is 6.54 Å². The summed E-state index contributed by atoms with van der Waals surface area (Å²) < 4.78 is 23.0. The summed E-state index contributed by atoms with van der Waals surface area (Å²) in [7, 11) is 1.69. The summed E-state index contributed by atoms with van der Waals surface area (Å²) in [5, 5.41) is 6.71. The molecule has 0 amide bonds. The van der Waals surface area contributed by atoms with E-state index in [9.17, 15) is 0 Å². The molecule has 2 N–H and O–H groups in total. The van der Waals surface area contributed by atoms with Gasteiger partial charge in [0, 0.05) is 31.9 Å². The Labute approximate surface area is 180 Å². The van der Waals surface area contributed by atoms with Crippen LogP contribution in [0.2, 0.25) is 0 Å². The van der Waals surface area contributed by atoms with E-state index in [1.54, 1.807) is 7.11 Å². The van der Waals surface area contributed by atoms with Gasteiger partial charge in [0.15, 0.2) is 17.5 Å². The third-order valence-electron chi connectivity index (χ3n) is 5.47. The third kappa shape index (κ3) is 7.06. The van der Waals surface area contributed by atoms with Crippen LogP contribution < -0.4 is 20.1 Å². The first-order valence-corrected chi connectivity index (χ1v) is 11.3. The summed E-state index contributed by atoms with van der Waals surface area (Å²) in [5.74, 6) is 2.41. The molecule has 1 unspecified atom stereocenters. The highest BCUT2D eigenvalue weighted by Gasteiger charge is 2.20. The fourth-order valence-corrected chi connectivity index (χ4v) is 3.83. The predicted octanol–water partition coefficient (Wildman–Crippen LogP) is 3.27. The molecule has 0 aromatic heterocycles. The van der Waals surface area contributed by atoms with E-state index in [1.807, 2.05) is 12.1 Å². The normalized spacial score (nSPS) is 19.8. The van der Waals surface area contributed by atoms with Gasteiger partial charge in [0.1, 0.15) is 0 Å². The van der Waals surface area contributed by atoms with Gasteiger partial charge in [-0.05, 0) is 51.5 Å². The van der Waals surface area contributed by atoms with Crippen LogP contribution in [0.3, 0.4) is 0 Å². The molecule has 1 aliphatic heterocycles. The van der Waals surface area contributed by atoms with Crippen molar-refractivity contribution < 1.29 is 18.9 Å². The van der Waals surface area contributed by atoms with E-state index in [1.165, 1.54) is 12.8 Å². The number of benzene rings is 1. The summed E-state index contributed by atoms with van der Waals surface area (Å²) in [6, 6.07) is 6.02. The molecule has 30 heavy (non-hydrogen) atoms. The highest BCUT2D eigenvalue weighted by atomic mass is 16.5. The molecular weight excluding hydrogens is 382 g/mol. The molecule has 2 fully saturated rings. The van der Waals surface area contributed by atoms with Gasteiger partial charge in [-0.1, -0.05) is 12.1 Å². The monoisotopic (exact) mass is 419 g/mol. The quantitative estimate of drug-likeness (QED) is 0.326. The number of methoxy groups -OCH3 is 1. The maximum Gasteiger partial charge on any atom is 0.191 e. The molecule has 1 heterocycles. The average molecular weight is 420 g/mol. The molecule has 168 valence electrons. The average Bonchev–Trinajstić information content (AvgIpc) is 3.46. The Morgan fingerprint density at radius 1 is 1.17 bits per heavy atom. The Kier molecular flexibility index (Phi) is 9.57. The number of aliphatic imine (C=N–C) groups is 1. The van der Waals surface area contributed by atoms with Gasteiger partial charge >= 0.3 is 0 Å². The van der Waals surface area contributed by atoms with Gasteiger partial charge in [-0.3, -0.25) is 0 Å². The minimum Gasteiger partial charge on any atom is -0.493 e. The fourth-order valence-electron chi connectivity index (χ4n) is 3.83. The maximum absolute atomic E-state index is 6.32. The minimum atomic E-state index is 0.262. The summed E-state index contributed by atoms with van der Waals surface area (Å²) in [4.78, 5) is 4.77. The molecule has 1 saturated heterocycles. The van der Waals surface area contributed by atoms with Crippen LogP contribution in [-0.4, -0.2) is 58.2 Å². The van der Waals surface area contributed by atoms with Crippen molar-refractivity contribution in [3.63, 3.8) is 0 Å². The summed E-state index contributed by atoms with van der Waals surface area (Å²) in [6.45, 7) is 6.50. The van der Waals surface area contributed by atoms with E-state index in [4.69, 9.17) is 23.9 Å². The molecule has 0 bridgehead atoms. The van der Waals surface area contributed by atoms with Gasteiger partial charge < -0.3 is 29.6 Å². The molecule has 1 atom stereocenters. The van der Waals surface area contributed by atoms with Gasteiger partial charge in [-0.15, -0.1) is 0 Å². The van der Waals surface area contributed by atoms with Crippen LogP contribution in [0.25, 0.3) is 0 Å². The number of para-hydroxylation sites is 1. The number of hydrogen-bond acceptors (Lipinski definition) is 5. The highest BCUT2D eigenvalue weighted by Crippen LogP contribution is 2.35. The first-order chi connectivity index (χ1) is 14.8. The second-order valence-corrected chi connectivity index (χ2v) is 7.80. The van der Waals surface area contributed by atoms with Crippen molar-refractivity contribution in [3.8, 4) is 11.5 Å². The van der Waals surface area contributed by atoms with Gasteiger partial charge in [-0.2, -0.15) is 0 Å². The number of hydrogen-bond donors (Lipinski definition) is 2. The van der Waals surface area contributed by atoms with E-state index >= 15 is 0 Å². The van der Waals surface area contributed by atoms with Crippen molar-refractivity contribution in [1.82, 2.24) is 10.6 Å². The molecule has 7 heteroatoms. The number of ether oxygens (including phenoxy) is 4. The molecular formula is C23H37N3O4. The molecule has 7 nitrogen and oxygen atoms in total. The smallest absolute Gasteiger partial charge is 0.191 e. The van der Waals surface area contributed by atoms with Crippen molar-refractivity contribution in [2.24, 2.45) is 4.99 Å². The van der Waals surface area contributed by atoms with Crippen LogP contribution in [0.4, 0.5) is 0 Å². The van der Waals surface area contributed by atoms with Crippen molar-refractivity contribution >= 4 is 5.96 Å². The lowest BCUT2D eigenvalue weighted by Crippen LogP contribution is -2.38. The van der Waals surface area contributed by atoms with Crippen molar-refractivity contribution in [3.05, 3.63) is 23.8 Å². The largest absolute Gasteiger partial charge is 0.493 e. The molecule has 2 aliphatic rings.